The summed E-state index contributed by atoms with van der Waals surface area (Å²) >= 11 is 0. The standard InChI is InChI=1S/C24H21F7N4O3/c1-14(15-8-17(23(26,27)28)10-18(9-15)24(29,30)31)38-22(16-2-4-19(25)5-3-16)13-37-7-6-35(22)11-20-21(12-36)33-34-32-20/h2-5,8-10,12,14H,6-7,11,13H2,1H3,(H,32,33,34)/t14-,22-/m1/s1. The van der Waals surface area contributed by atoms with Crippen molar-refractivity contribution in [1.29, 1.82) is 0 Å². The monoisotopic (exact) mass is 546 g/mol. The molecule has 2 atom stereocenters. The minimum atomic E-state index is -5.04. The van der Waals surface area contributed by atoms with Gasteiger partial charge in [0.25, 0.3) is 0 Å². The molecule has 38 heavy (non-hydrogen) atoms. The first kappa shape index (κ1) is 27.7. The Morgan fingerprint density at radius 2 is 1.71 bits per heavy atom. The summed E-state index contributed by atoms with van der Waals surface area (Å²) in [4.78, 5) is 13.0. The molecule has 1 aromatic heterocycles. The van der Waals surface area contributed by atoms with Crippen molar-refractivity contribution in [1.82, 2.24) is 20.3 Å². The van der Waals surface area contributed by atoms with Crippen LogP contribution in [0.15, 0.2) is 42.5 Å². The number of hydrogen-bond donors (Lipinski definition) is 1. The Labute approximate surface area is 211 Å². The molecule has 1 aliphatic rings. The van der Waals surface area contributed by atoms with Crippen LogP contribution < -0.4 is 0 Å². The van der Waals surface area contributed by atoms with E-state index in [-0.39, 0.29) is 49.3 Å². The number of H-pyrrole nitrogens is 1. The number of carbonyl (C=O) groups excluding carboxylic acids is 1. The number of aromatic amines is 1. The fourth-order valence-electron chi connectivity index (χ4n) is 4.24. The molecule has 2 heterocycles. The van der Waals surface area contributed by atoms with Crippen molar-refractivity contribution in [2.75, 3.05) is 19.8 Å². The lowest BCUT2D eigenvalue weighted by Gasteiger charge is -2.47. The van der Waals surface area contributed by atoms with Crippen LogP contribution in [0, 0.1) is 5.82 Å². The summed E-state index contributed by atoms with van der Waals surface area (Å²) in [6.45, 7) is 1.42. The first-order valence-corrected chi connectivity index (χ1v) is 11.2. The maximum absolute atomic E-state index is 13.8. The Bertz CT molecular complexity index is 1250. The first-order chi connectivity index (χ1) is 17.8. The van der Waals surface area contributed by atoms with E-state index in [1.54, 1.807) is 4.90 Å². The van der Waals surface area contributed by atoms with E-state index in [4.69, 9.17) is 9.47 Å². The van der Waals surface area contributed by atoms with Crippen LogP contribution in [0.25, 0.3) is 0 Å². The third kappa shape index (κ3) is 5.71. The largest absolute Gasteiger partial charge is 0.416 e. The SMILES string of the molecule is C[C@@H](O[C@@]1(c2ccc(F)cc2)COCCN1Cc1n[nH]nc1C=O)c1cc(C(F)(F)F)cc(C(F)(F)F)c1. The van der Waals surface area contributed by atoms with E-state index >= 15 is 0 Å². The number of rotatable bonds is 7. The second-order valence-electron chi connectivity index (χ2n) is 8.64. The van der Waals surface area contributed by atoms with Crippen LogP contribution in [-0.2, 0) is 34.1 Å². The second kappa shape index (κ2) is 10.4. The Morgan fingerprint density at radius 3 is 2.29 bits per heavy atom. The highest BCUT2D eigenvalue weighted by Crippen LogP contribution is 2.42. The van der Waals surface area contributed by atoms with Gasteiger partial charge in [0, 0.05) is 18.7 Å². The molecule has 7 nitrogen and oxygen atoms in total. The molecule has 2 aromatic carbocycles. The number of benzene rings is 2. The molecule has 1 N–H and O–H groups in total. The van der Waals surface area contributed by atoms with Crippen molar-refractivity contribution in [2.24, 2.45) is 0 Å². The number of nitrogens with one attached hydrogen (secondary N) is 1. The number of alkyl halides is 6. The minimum Gasteiger partial charge on any atom is -0.375 e. The van der Waals surface area contributed by atoms with Crippen LogP contribution in [0.3, 0.4) is 0 Å². The van der Waals surface area contributed by atoms with Crippen LogP contribution in [0.1, 0.15) is 51.5 Å². The molecule has 0 spiro atoms. The van der Waals surface area contributed by atoms with E-state index in [2.05, 4.69) is 15.4 Å². The van der Waals surface area contributed by atoms with Gasteiger partial charge in [0.05, 0.1) is 30.4 Å². The Kier molecular flexibility index (Phi) is 7.59. The molecule has 204 valence electrons. The Morgan fingerprint density at radius 1 is 1.08 bits per heavy atom. The van der Waals surface area contributed by atoms with E-state index in [0.717, 1.165) is 12.1 Å². The second-order valence-corrected chi connectivity index (χ2v) is 8.64. The predicted octanol–water partition coefficient (Wildman–Crippen LogP) is 5.26. The van der Waals surface area contributed by atoms with E-state index in [1.165, 1.54) is 19.1 Å². The van der Waals surface area contributed by atoms with Gasteiger partial charge in [-0.25, -0.2) is 4.39 Å². The molecule has 0 aliphatic carbocycles. The highest BCUT2D eigenvalue weighted by atomic mass is 19.4. The zero-order valence-electron chi connectivity index (χ0n) is 19.7. The smallest absolute Gasteiger partial charge is 0.375 e. The third-order valence-electron chi connectivity index (χ3n) is 6.16. The van der Waals surface area contributed by atoms with Crippen LogP contribution in [0.5, 0.6) is 0 Å². The van der Waals surface area contributed by atoms with Gasteiger partial charge in [0.1, 0.15) is 17.2 Å². The normalized spacial score (nSPS) is 19.9. The minimum absolute atomic E-state index is 0.00486. The third-order valence-corrected chi connectivity index (χ3v) is 6.16. The van der Waals surface area contributed by atoms with E-state index < -0.39 is 41.1 Å². The fraction of sp³-hybridized carbons (Fsp3) is 0.375. The van der Waals surface area contributed by atoms with Crippen LogP contribution in [-0.4, -0.2) is 46.4 Å². The van der Waals surface area contributed by atoms with Gasteiger partial charge < -0.3 is 9.47 Å². The van der Waals surface area contributed by atoms with Gasteiger partial charge >= 0.3 is 12.4 Å². The molecule has 14 heteroatoms. The number of aldehydes is 1. The van der Waals surface area contributed by atoms with Crippen molar-refractivity contribution >= 4 is 6.29 Å². The molecule has 0 amide bonds. The summed E-state index contributed by atoms with van der Waals surface area (Å²) in [5.41, 5.74) is -4.39. The number of halogens is 7. The van der Waals surface area contributed by atoms with Crippen molar-refractivity contribution < 1.29 is 45.0 Å². The maximum atomic E-state index is 13.8. The lowest BCUT2D eigenvalue weighted by atomic mass is 9.97. The summed E-state index contributed by atoms with van der Waals surface area (Å²) in [5.74, 6) is -0.576. The number of nitrogens with zero attached hydrogens (tertiary/aromatic N) is 3. The van der Waals surface area contributed by atoms with E-state index in [0.29, 0.717) is 24.0 Å². The quantitative estimate of drug-likeness (QED) is 0.322. The first-order valence-electron chi connectivity index (χ1n) is 11.2. The van der Waals surface area contributed by atoms with Gasteiger partial charge in [-0.3, -0.25) is 9.69 Å². The molecule has 1 saturated heterocycles. The van der Waals surface area contributed by atoms with Crippen molar-refractivity contribution in [3.05, 3.63) is 81.9 Å². The van der Waals surface area contributed by atoms with Crippen molar-refractivity contribution in [3.8, 4) is 0 Å². The lowest BCUT2D eigenvalue weighted by molar-refractivity contribution is -0.252. The number of hydrogen-bond acceptors (Lipinski definition) is 6. The summed E-state index contributed by atoms with van der Waals surface area (Å²) < 4.78 is 106. The molecule has 1 fully saturated rings. The molecule has 0 saturated carbocycles. The number of morpholine rings is 1. The molecule has 1 aliphatic heterocycles. The average molecular weight is 546 g/mol. The molecule has 3 aromatic rings. The predicted molar refractivity (Wildman–Crippen MR) is 117 cm³/mol. The highest BCUT2D eigenvalue weighted by Gasteiger charge is 2.45. The lowest BCUT2D eigenvalue weighted by Crippen LogP contribution is -2.56. The van der Waals surface area contributed by atoms with Crippen LogP contribution in [0.4, 0.5) is 30.7 Å². The average Bonchev–Trinajstić information content (AvgIpc) is 3.31. The van der Waals surface area contributed by atoms with Crippen molar-refractivity contribution in [3.63, 3.8) is 0 Å². The van der Waals surface area contributed by atoms with E-state index in [9.17, 15) is 35.5 Å². The van der Waals surface area contributed by atoms with Gasteiger partial charge in [-0.15, -0.1) is 0 Å². The molecular weight excluding hydrogens is 525 g/mol. The molecule has 0 bridgehead atoms. The zero-order valence-corrected chi connectivity index (χ0v) is 19.7. The Balaban J connectivity index is 1.79. The zero-order chi connectivity index (χ0) is 27.7. The maximum Gasteiger partial charge on any atom is 0.416 e. The van der Waals surface area contributed by atoms with Gasteiger partial charge in [0.15, 0.2) is 12.0 Å². The van der Waals surface area contributed by atoms with Gasteiger partial charge in [-0.2, -0.15) is 41.8 Å². The summed E-state index contributed by atoms with van der Waals surface area (Å²) in [6, 6.07) is 6.24. The highest BCUT2D eigenvalue weighted by molar-refractivity contribution is 5.72. The molecular formula is C24H21F7N4O3. The summed E-state index contributed by atoms with van der Waals surface area (Å²) in [6.07, 6.45) is -10.9. The van der Waals surface area contributed by atoms with Gasteiger partial charge in [0.2, 0.25) is 0 Å². The van der Waals surface area contributed by atoms with Crippen molar-refractivity contribution in [2.45, 2.75) is 37.7 Å². The summed E-state index contributed by atoms with van der Waals surface area (Å²) in [5, 5.41) is 10.0. The molecule has 0 radical (unpaired) electrons. The topological polar surface area (TPSA) is 80.3 Å². The molecule has 0 unspecified atom stereocenters. The molecule has 4 rings (SSSR count). The number of ether oxygens (including phenoxy) is 2. The van der Waals surface area contributed by atoms with Gasteiger partial charge in [-0.05, 0) is 42.8 Å². The number of aromatic nitrogens is 3. The van der Waals surface area contributed by atoms with Crippen LogP contribution in [0.2, 0.25) is 0 Å². The Hall–Kier alpha value is -3.36. The number of carbonyl (C=O) groups is 1. The van der Waals surface area contributed by atoms with E-state index in [1.807, 2.05) is 0 Å². The summed E-state index contributed by atoms with van der Waals surface area (Å²) in [7, 11) is 0. The fourth-order valence-corrected chi connectivity index (χ4v) is 4.24. The van der Waals surface area contributed by atoms with Gasteiger partial charge in [-0.1, -0.05) is 12.1 Å². The van der Waals surface area contributed by atoms with Crippen LogP contribution >= 0.6 is 0 Å².